The van der Waals surface area contributed by atoms with Crippen molar-refractivity contribution in [2.24, 2.45) is 7.05 Å². The molecule has 2 rings (SSSR count). The summed E-state index contributed by atoms with van der Waals surface area (Å²) in [5.41, 5.74) is 1.36. The van der Waals surface area contributed by atoms with Crippen molar-refractivity contribution in [2.45, 2.75) is 6.92 Å². The molecule has 0 aliphatic heterocycles. The van der Waals surface area contributed by atoms with Crippen LogP contribution in [0.15, 0.2) is 23.0 Å². The average molecular weight is 221 g/mol. The number of nitrogens with zero attached hydrogens (tertiary/aromatic N) is 3. The lowest BCUT2D eigenvalue weighted by Gasteiger charge is -1.94. The second-order valence-electron chi connectivity index (χ2n) is 3.20. The van der Waals surface area contributed by atoms with Gasteiger partial charge in [-0.15, -0.1) is 0 Å². The van der Waals surface area contributed by atoms with Crippen molar-refractivity contribution in [3.05, 3.63) is 24.2 Å². The summed E-state index contributed by atoms with van der Waals surface area (Å²) in [4.78, 5) is 11.3. The lowest BCUT2D eigenvalue weighted by Crippen LogP contribution is -2.02. The molecule has 6 heteroatoms. The number of aromatic nitrogens is 3. The van der Waals surface area contributed by atoms with Crippen molar-refractivity contribution >= 4 is 5.97 Å². The van der Waals surface area contributed by atoms with Crippen LogP contribution in [0.4, 0.5) is 0 Å². The van der Waals surface area contributed by atoms with Gasteiger partial charge in [-0.1, -0.05) is 5.16 Å². The molecule has 0 amide bonds. The molecule has 84 valence electrons. The summed E-state index contributed by atoms with van der Waals surface area (Å²) in [6.07, 6.45) is 3.43. The second-order valence-corrected chi connectivity index (χ2v) is 3.20. The van der Waals surface area contributed by atoms with Crippen molar-refractivity contribution in [3.8, 4) is 11.3 Å². The van der Waals surface area contributed by atoms with Crippen LogP contribution in [-0.4, -0.2) is 27.5 Å². The minimum Gasteiger partial charge on any atom is -0.460 e. The maximum atomic E-state index is 11.3. The van der Waals surface area contributed by atoms with Gasteiger partial charge in [-0.3, -0.25) is 4.68 Å². The summed E-state index contributed by atoms with van der Waals surface area (Å²) in [7, 11) is 1.80. The highest BCUT2D eigenvalue weighted by Crippen LogP contribution is 2.18. The number of aryl methyl sites for hydroxylation is 1. The molecule has 0 aromatic carbocycles. The van der Waals surface area contributed by atoms with Crippen molar-refractivity contribution in [1.29, 1.82) is 0 Å². The van der Waals surface area contributed by atoms with Gasteiger partial charge in [-0.2, -0.15) is 5.10 Å². The van der Waals surface area contributed by atoms with E-state index in [0.29, 0.717) is 12.3 Å². The fraction of sp³-hybridized carbons (Fsp3) is 0.300. The summed E-state index contributed by atoms with van der Waals surface area (Å²) in [5, 5.41) is 7.78. The molecule has 6 nitrogen and oxygen atoms in total. The summed E-state index contributed by atoms with van der Waals surface area (Å²) in [5.74, 6) is -0.411. The number of hydrogen-bond acceptors (Lipinski definition) is 5. The molecular weight excluding hydrogens is 210 g/mol. The maximum Gasteiger partial charge on any atom is 0.377 e. The lowest BCUT2D eigenvalue weighted by atomic mass is 10.2. The van der Waals surface area contributed by atoms with Gasteiger partial charge in [-0.05, 0) is 6.92 Å². The van der Waals surface area contributed by atoms with E-state index in [1.54, 1.807) is 31.0 Å². The lowest BCUT2D eigenvalue weighted by molar-refractivity contribution is 0.0480. The van der Waals surface area contributed by atoms with Crippen LogP contribution in [-0.2, 0) is 11.8 Å². The Morgan fingerprint density at radius 3 is 3.06 bits per heavy atom. The van der Waals surface area contributed by atoms with Gasteiger partial charge in [0.15, 0.2) is 0 Å². The SMILES string of the molecule is CCOC(=O)c1cc(-c2cnn(C)c2)no1. The summed E-state index contributed by atoms with van der Waals surface area (Å²) in [6.45, 7) is 2.04. The second kappa shape index (κ2) is 4.18. The van der Waals surface area contributed by atoms with E-state index in [9.17, 15) is 4.79 Å². The zero-order chi connectivity index (χ0) is 11.5. The Balaban J connectivity index is 2.22. The minimum absolute atomic E-state index is 0.0979. The first-order valence-electron chi connectivity index (χ1n) is 4.83. The highest BCUT2D eigenvalue weighted by Gasteiger charge is 2.15. The largest absolute Gasteiger partial charge is 0.460 e. The minimum atomic E-state index is -0.509. The molecule has 2 aromatic heterocycles. The molecule has 16 heavy (non-hydrogen) atoms. The van der Waals surface area contributed by atoms with E-state index in [4.69, 9.17) is 9.26 Å². The fourth-order valence-corrected chi connectivity index (χ4v) is 1.26. The van der Waals surface area contributed by atoms with Gasteiger partial charge < -0.3 is 9.26 Å². The van der Waals surface area contributed by atoms with E-state index in [2.05, 4.69) is 10.3 Å². The van der Waals surface area contributed by atoms with Gasteiger partial charge in [-0.25, -0.2) is 4.79 Å². The standard InChI is InChI=1S/C10H11N3O3/c1-3-15-10(14)9-4-8(12-16-9)7-5-11-13(2)6-7/h4-6H,3H2,1-2H3. The Bertz CT molecular complexity index is 501. The summed E-state index contributed by atoms with van der Waals surface area (Å²) >= 11 is 0. The van der Waals surface area contributed by atoms with Crippen LogP contribution in [0.5, 0.6) is 0 Å². The Hall–Kier alpha value is -2.11. The maximum absolute atomic E-state index is 11.3. The van der Waals surface area contributed by atoms with Crippen LogP contribution in [0, 0.1) is 0 Å². The van der Waals surface area contributed by atoms with Gasteiger partial charge >= 0.3 is 5.97 Å². The normalized spacial score (nSPS) is 10.4. The van der Waals surface area contributed by atoms with Crippen LogP contribution >= 0.6 is 0 Å². The molecule has 0 N–H and O–H groups in total. The highest BCUT2D eigenvalue weighted by molar-refractivity contribution is 5.87. The Kier molecular flexibility index (Phi) is 2.72. The highest BCUT2D eigenvalue weighted by atomic mass is 16.6. The van der Waals surface area contributed by atoms with E-state index in [1.807, 2.05) is 0 Å². The molecule has 2 heterocycles. The first-order valence-corrected chi connectivity index (χ1v) is 4.83. The molecule has 0 unspecified atom stereocenters. The monoisotopic (exact) mass is 221 g/mol. The Morgan fingerprint density at radius 1 is 1.62 bits per heavy atom. The molecule has 0 bridgehead atoms. The first-order chi connectivity index (χ1) is 7.70. The van der Waals surface area contributed by atoms with Crippen LogP contribution in [0.1, 0.15) is 17.5 Å². The molecule has 0 aliphatic carbocycles. The van der Waals surface area contributed by atoms with E-state index in [0.717, 1.165) is 5.56 Å². The fourth-order valence-electron chi connectivity index (χ4n) is 1.26. The smallest absolute Gasteiger partial charge is 0.377 e. The first kappa shape index (κ1) is 10.4. The van der Waals surface area contributed by atoms with Crippen molar-refractivity contribution < 1.29 is 14.1 Å². The van der Waals surface area contributed by atoms with Gasteiger partial charge in [0.25, 0.3) is 0 Å². The molecule has 2 aromatic rings. The average Bonchev–Trinajstić information content (AvgIpc) is 2.85. The third-order valence-electron chi connectivity index (χ3n) is 1.99. The van der Waals surface area contributed by atoms with Gasteiger partial charge in [0.05, 0.1) is 12.8 Å². The summed E-state index contributed by atoms with van der Waals surface area (Å²) in [6, 6.07) is 1.54. The molecule has 0 aliphatic rings. The third-order valence-corrected chi connectivity index (χ3v) is 1.99. The van der Waals surface area contributed by atoms with Crippen molar-refractivity contribution in [1.82, 2.24) is 14.9 Å². The molecule has 0 spiro atoms. The van der Waals surface area contributed by atoms with Crippen LogP contribution in [0.3, 0.4) is 0 Å². The van der Waals surface area contributed by atoms with E-state index < -0.39 is 5.97 Å². The molecule has 0 radical (unpaired) electrons. The molecular formula is C10H11N3O3. The topological polar surface area (TPSA) is 70.2 Å². The van der Waals surface area contributed by atoms with Crippen LogP contribution in [0.25, 0.3) is 11.3 Å². The number of esters is 1. The van der Waals surface area contributed by atoms with E-state index in [-0.39, 0.29) is 5.76 Å². The predicted octanol–water partition coefficient (Wildman–Crippen LogP) is 1.25. The third kappa shape index (κ3) is 1.95. The number of ether oxygens (including phenoxy) is 1. The van der Waals surface area contributed by atoms with E-state index in [1.165, 1.54) is 6.07 Å². The number of carbonyl (C=O) groups excluding carboxylic acids is 1. The van der Waals surface area contributed by atoms with E-state index >= 15 is 0 Å². The zero-order valence-corrected chi connectivity index (χ0v) is 9.01. The van der Waals surface area contributed by atoms with Gasteiger partial charge in [0.1, 0.15) is 5.69 Å². The zero-order valence-electron chi connectivity index (χ0n) is 9.01. The Morgan fingerprint density at radius 2 is 2.44 bits per heavy atom. The van der Waals surface area contributed by atoms with Gasteiger partial charge in [0, 0.05) is 24.9 Å². The van der Waals surface area contributed by atoms with Gasteiger partial charge in [0.2, 0.25) is 5.76 Å². The molecule has 0 fully saturated rings. The van der Waals surface area contributed by atoms with Crippen molar-refractivity contribution in [3.63, 3.8) is 0 Å². The van der Waals surface area contributed by atoms with Crippen LogP contribution < -0.4 is 0 Å². The quantitative estimate of drug-likeness (QED) is 0.729. The molecule has 0 atom stereocenters. The molecule has 0 saturated heterocycles. The van der Waals surface area contributed by atoms with Crippen molar-refractivity contribution in [2.75, 3.05) is 6.61 Å². The number of carbonyl (C=O) groups is 1. The predicted molar refractivity (Wildman–Crippen MR) is 54.7 cm³/mol. The molecule has 0 saturated carbocycles. The number of rotatable bonds is 3. The van der Waals surface area contributed by atoms with Crippen LogP contribution in [0.2, 0.25) is 0 Å². The summed E-state index contributed by atoms with van der Waals surface area (Å²) < 4.78 is 11.3. The number of hydrogen-bond donors (Lipinski definition) is 0. The Labute approximate surface area is 91.8 Å².